The highest BCUT2D eigenvalue weighted by atomic mass is 16.6. The minimum atomic E-state index is -0.215. The van der Waals surface area contributed by atoms with Crippen molar-refractivity contribution in [1.82, 2.24) is 9.88 Å². The van der Waals surface area contributed by atoms with Crippen LogP contribution in [0.2, 0.25) is 0 Å². The number of benzene rings is 7. The van der Waals surface area contributed by atoms with Crippen LogP contribution in [0, 0.1) is 0 Å². The summed E-state index contributed by atoms with van der Waals surface area (Å²) in [6.45, 7) is 0. The van der Waals surface area contributed by atoms with Gasteiger partial charge in [0.05, 0.1) is 11.2 Å². The van der Waals surface area contributed by atoms with Crippen LogP contribution in [-0.2, 0) is 6.42 Å². The summed E-state index contributed by atoms with van der Waals surface area (Å²) in [5.41, 5.74) is 13.5. The van der Waals surface area contributed by atoms with Gasteiger partial charge in [-0.05, 0) is 106 Å². The molecule has 0 saturated heterocycles. The SMILES string of the molecule is C1=Cc2cc3c4ccc5c(c4n(-c4ccc(-c6ccc(C7N=C(c8ccccc8)C=C(c8ccccc8)N7)cc6)cc4)c3cc2CC1)Oc1ccccc1O5. The number of para-hydroxylation sites is 2. The second-order valence-electron chi connectivity index (χ2n) is 14.3. The van der Waals surface area contributed by atoms with Gasteiger partial charge in [0.25, 0.3) is 0 Å². The van der Waals surface area contributed by atoms with Crippen molar-refractivity contribution in [2.24, 2.45) is 4.99 Å². The van der Waals surface area contributed by atoms with Gasteiger partial charge in [0.2, 0.25) is 0 Å². The first-order valence-corrected chi connectivity index (χ1v) is 18.9. The Labute approximate surface area is 319 Å². The van der Waals surface area contributed by atoms with E-state index in [0.717, 1.165) is 97.2 Å². The summed E-state index contributed by atoms with van der Waals surface area (Å²) in [4.78, 5) is 5.16. The fourth-order valence-corrected chi connectivity index (χ4v) is 8.18. The van der Waals surface area contributed by atoms with Crippen molar-refractivity contribution in [2.45, 2.75) is 19.0 Å². The molecule has 5 heteroatoms. The molecule has 1 unspecified atom stereocenters. The zero-order valence-electron chi connectivity index (χ0n) is 29.9. The number of hydrogen-bond acceptors (Lipinski definition) is 4. The number of ether oxygens (including phenoxy) is 2. The minimum Gasteiger partial charge on any atom is -0.449 e. The molecule has 0 radical (unpaired) electrons. The lowest BCUT2D eigenvalue weighted by atomic mass is 9.95. The maximum Gasteiger partial charge on any atom is 0.194 e. The molecule has 5 nitrogen and oxygen atoms in total. The van der Waals surface area contributed by atoms with Gasteiger partial charge in [0.15, 0.2) is 23.0 Å². The summed E-state index contributed by atoms with van der Waals surface area (Å²) in [6, 6.07) is 55.3. The first-order valence-electron chi connectivity index (χ1n) is 18.9. The second kappa shape index (κ2) is 12.8. The molecule has 262 valence electrons. The molecule has 11 rings (SSSR count). The Bertz CT molecular complexity index is 2870. The number of nitrogens with zero attached hydrogens (tertiary/aromatic N) is 2. The van der Waals surface area contributed by atoms with Gasteiger partial charge < -0.3 is 19.4 Å². The molecule has 0 bridgehead atoms. The summed E-state index contributed by atoms with van der Waals surface area (Å²) in [7, 11) is 0. The molecule has 0 saturated carbocycles. The number of hydrogen-bond donors (Lipinski definition) is 1. The van der Waals surface area contributed by atoms with Crippen LogP contribution in [0.15, 0.2) is 175 Å². The van der Waals surface area contributed by atoms with Gasteiger partial charge in [-0.15, -0.1) is 0 Å². The van der Waals surface area contributed by atoms with E-state index >= 15 is 0 Å². The lowest BCUT2D eigenvalue weighted by Crippen LogP contribution is -2.24. The number of aliphatic imine (C=N–C) groups is 1. The van der Waals surface area contributed by atoms with Crippen LogP contribution in [0.5, 0.6) is 23.0 Å². The van der Waals surface area contributed by atoms with E-state index in [0.29, 0.717) is 0 Å². The molecule has 1 atom stereocenters. The van der Waals surface area contributed by atoms with Gasteiger partial charge in [-0.2, -0.15) is 0 Å². The third-order valence-corrected chi connectivity index (χ3v) is 10.9. The van der Waals surface area contributed by atoms with Crippen molar-refractivity contribution in [2.75, 3.05) is 0 Å². The third kappa shape index (κ3) is 5.43. The lowest BCUT2D eigenvalue weighted by Gasteiger charge is -2.25. The smallest absolute Gasteiger partial charge is 0.194 e. The molecule has 3 heterocycles. The van der Waals surface area contributed by atoms with Crippen molar-refractivity contribution in [3.8, 4) is 39.8 Å². The molecule has 3 aliphatic rings. The Morgan fingerprint density at radius 3 is 2.05 bits per heavy atom. The Balaban J connectivity index is 0.963. The zero-order chi connectivity index (χ0) is 36.3. The average Bonchev–Trinajstić information content (AvgIpc) is 3.59. The zero-order valence-corrected chi connectivity index (χ0v) is 29.9. The van der Waals surface area contributed by atoms with Crippen LogP contribution in [-0.4, -0.2) is 10.3 Å². The van der Waals surface area contributed by atoms with Crippen molar-refractivity contribution in [3.63, 3.8) is 0 Å². The van der Waals surface area contributed by atoms with Crippen molar-refractivity contribution >= 4 is 39.3 Å². The van der Waals surface area contributed by atoms with E-state index < -0.39 is 0 Å². The van der Waals surface area contributed by atoms with Crippen LogP contribution in [0.3, 0.4) is 0 Å². The van der Waals surface area contributed by atoms with Gasteiger partial charge in [-0.25, -0.2) is 0 Å². The summed E-state index contributed by atoms with van der Waals surface area (Å²) in [5, 5.41) is 6.03. The molecule has 1 aromatic heterocycles. The maximum atomic E-state index is 6.65. The largest absolute Gasteiger partial charge is 0.449 e. The van der Waals surface area contributed by atoms with Crippen molar-refractivity contribution in [1.29, 1.82) is 0 Å². The third-order valence-electron chi connectivity index (χ3n) is 10.9. The molecular weight excluding hydrogens is 675 g/mol. The number of rotatable bonds is 5. The van der Waals surface area contributed by atoms with Crippen LogP contribution in [0.25, 0.3) is 50.4 Å². The molecule has 0 spiro atoms. The van der Waals surface area contributed by atoms with Crippen molar-refractivity contribution < 1.29 is 9.47 Å². The van der Waals surface area contributed by atoms with Gasteiger partial charge in [-0.3, -0.25) is 4.99 Å². The van der Waals surface area contributed by atoms with Crippen LogP contribution in [0.4, 0.5) is 0 Å². The predicted molar refractivity (Wildman–Crippen MR) is 223 cm³/mol. The van der Waals surface area contributed by atoms with Gasteiger partial charge in [0, 0.05) is 22.2 Å². The van der Waals surface area contributed by atoms with Crippen LogP contribution in [0.1, 0.15) is 40.4 Å². The quantitative estimate of drug-likeness (QED) is 0.194. The fourth-order valence-electron chi connectivity index (χ4n) is 8.18. The van der Waals surface area contributed by atoms with Gasteiger partial charge >= 0.3 is 0 Å². The summed E-state index contributed by atoms with van der Waals surface area (Å²) < 4.78 is 15.4. The highest BCUT2D eigenvalue weighted by molar-refractivity contribution is 6.14. The summed E-state index contributed by atoms with van der Waals surface area (Å²) in [6.07, 6.45) is 8.54. The number of nitrogens with one attached hydrogen (secondary N) is 1. The Morgan fingerprint density at radius 1 is 0.600 bits per heavy atom. The monoisotopic (exact) mass is 709 g/mol. The lowest BCUT2D eigenvalue weighted by molar-refractivity contribution is 0.362. The molecule has 0 amide bonds. The average molecular weight is 710 g/mol. The summed E-state index contributed by atoms with van der Waals surface area (Å²) >= 11 is 0. The number of fused-ring (bicyclic) bond motifs is 7. The number of allylic oxidation sites excluding steroid dienone is 2. The molecule has 7 aromatic carbocycles. The summed E-state index contributed by atoms with van der Waals surface area (Å²) in [5.74, 6) is 2.90. The highest BCUT2D eigenvalue weighted by Crippen LogP contribution is 2.51. The minimum absolute atomic E-state index is 0.215. The highest BCUT2D eigenvalue weighted by Gasteiger charge is 2.26. The molecular formula is C50H35N3O2. The second-order valence-corrected chi connectivity index (χ2v) is 14.3. The Kier molecular flexibility index (Phi) is 7.30. The molecule has 2 aliphatic heterocycles. The van der Waals surface area contributed by atoms with Crippen molar-refractivity contribution in [3.05, 3.63) is 198 Å². The molecule has 8 aromatic rings. The van der Waals surface area contributed by atoms with E-state index in [1.54, 1.807) is 0 Å². The molecule has 1 aliphatic carbocycles. The van der Waals surface area contributed by atoms with Crippen LogP contribution < -0.4 is 14.8 Å². The fraction of sp³-hybridized carbons (Fsp3) is 0.0600. The topological polar surface area (TPSA) is 47.8 Å². The molecule has 1 N–H and O–H groups in total. The molecule has 0 fully saturated rings. The molecule has 55 heavy (non-hydrogen) atoms. The normalized spacial score (nSPS) is 15.5. The van der Waals surface area contributed by atoms with E-state index in [-0.39, 0.29) is 6.17 Å². The first kappa shape index (κ1) is 31.4. The van der Waals surface area contributed by atoms with E-state index in [1.165, 1.54) is 16.5 Å². The maximum absolute atomic E-state index is 6.65. The first-order chi connectivity index (χ1) is 27.2. The van der Waals surface area contributed by atoms with Gasteiger partial charge in [-0.1, -0.05) is 121 Å². The number of aromatic nitrogens is 1. The van der Waals surface area contributed by atoms with E-state index in [2.05, 4.69) is 143 Å². The Hall–Kier alpha value is -7.11. The predicted octanol–water partition coefficient (Wildman–Crippen LogP) is 12.4. The van der Waals surface area contributed by atoms with Gasteiger partial charge in [0.1, 0.15) is 11.7 Å². The standard InChI is InChI=1S/C50H35N3O2/c1-3-11-34(12-4-1)42-31-43(35-13-5-2-6-14-35)52-50(51-42)36-21-19-32(20-22-36)33-23-25-39(26-24-33)53-44-30-38-16-8-7-15-37(38)29-41(44)40-27-28-47-49(48(40)53)55-46-18-10-9-17-45(46)54-47/h1-7,9-15,17-31,50-51H,8,16H2. The number of aryl methyl sites for hydroxylation is 1. The van der Waals surface area contributed by atoms with E-state index in [4.69, 9.17) is 14.5 Å². The van der Waals surface area contributed by atoms with Crippen LogP contribution >= 0.6 is 0 Å². The Morgan fingerprint density at radius 2 is 1.29 bits per heavy atom. The van der Waals surface area contributed by atoms with E-state index in [1.807, 2.05) is 42.5 Å². The van der Waals surface area contributed by atoms with E-state index in [9.17, 15) is 0 Å².